The van der Waals surface area contributed by atoms with Crippen LogP contribution in [0.5, 0.6) is 0 Å². The molecular weight excluding hydrogens is 272 g/mol. The number of amides is 1. The molecule has 0 aromatic carbocycles. The van der Waals surface area contributed by atoms with Crippen molar-refractivity contribution < 1.29 is 9.53 Å². The van der Waals surface area contributed by atoms with Gasteiger partial charge in [-0.1, -0.05) is 19.3 Å². The van der Waals surface area contributed by atoms with Gasteiger partial charge in [-0.3, -0.25) is 4.79 Å². The van der Waals surface area contributed by atoms with Crippen LogP contribution >= 0.6 is 12.2 Å². The van der Waals surface area contributed by atoms with E-state index in [0.29, 0.717) is 17.3 Å². The molecule has 0 heterocycles. The molecule has 2 saturated carbocycles. The highest BCUT2D eigenvalue weighted by atomic mass is 32.1. The van der Waals surface area contributed by atoms with Gasteiger partial charge in [0, 0.05) is 19.1 Å². The van der Waals surface area contributed by atoms with E-state index in [4.69, 9.17) is 17.0 Å². The van der Waals surface area contributed by atoms with E-state index in [2.05, 4.69) is 10.6 Å². The highest BCUT2D eigenvalue weighted by molar-refractivity contribution is 7.80. The van der Waals surface area contributed by atoms with Gasteiger partial charge in [0.25, 0.3) is 0 Å². The van der Waals surface area contributed by atoms with Crippen LogP contribution in [0, 0.1) is 5.92 Å². The summed E-state index contributed by atoms with van der Waals surface area (Å²) in [6.07, 6.45) is 10.2. The predicted octanol–water partition coefficient (Wildman–Crippen LogP) is 2.52. The largest absolute Gasteiger partial charge is 0.381 e. The molecule has 20 heavy (non-hydrogen) atoms. The SMILES string of the molecule is COC1CCC(C(=O)NC(=S)NC2CCCCC2)CC1. The number of carbonyl (C=O) groups excluding carboxylic acids is 1. The maximum absolute atomic E-state index is 12.2. The number of methoxy groups -OCH3 is 1. The molecule has 0 unspecified atom stereocenters. The summed E-state index contributed by atoms with van der Waals surface area (Å²) in [5, 5.41) is 6.66. The van der Waals surface area contributed by atoms with Gasteiger partial charge in [-0.25, -0.2) is 0 Å². The molecule has 2 aliphatic carbocycles. The van der Waals surface area contributed by atoms with Crippen molar-refractivity contribution >= 4 is 23.2 Å². The van der Waals surface area contributed by atoms with Crippen molar-refractivity contribution in [1.29, 1.82) is 0 Å². The normalized spacial score (nSPS) is 27.9. The van der Waals surface area contributed by atoms with Gasteiger partial charge in [-0.05, 0) is 50.7 Å². The number of hydrogen-bond donors (Lipinski definition) is 2. The summed E-state index contributed by atoms with van der Waals surface area (Å²) in [6.45, 7) is 0. The molecule has 0 spiro atoms. The van der Waals surface area contributed by atoms with Gasteiger partial charge in [0.2, 0.25) is 5.91 Å². The summed E-state index contributed by atoms with van der Waals surface area (Å²) in [7, 11) is 1.74. The zero-order chi connectivity index (χ0) is 14.4. The predicted molar refractivity (Wildman–Crippen MR) is 83.5 cm³/mol. The van der Waals surface area contributed by atoms with E-state index in [1.807, 2.05) is 0 Å². The van der Waals surface area contributed by atoms with Gasteiger partial charge in [0.1, 0.15) is 0 Å². The third-order valence-corrected chi connectivity index (χ3v) is 4.78. The van der Waals surface area contributed by atoms with E-state index in [0.717, 1.165) is 38.5 Å². The molecule has 2 rings (SSSR count). The van der Waals surface area contributed by atoms with E-state index >= 15 is 0 Å². The molecule has 0 aliphatic heterocycles. The molecule has 0 aromatic rings. The molecule has 5 heteroatoms. The second kappa shape index (κ2) is 7.93. The molecule has 0 saturated heterocycles. The maximum Gasteiger partial charge on any atom is 0.229 e. The number of nitrogens with one attached hydrogen (secondary N) is 2. The van der Waals surface area contributed by atoms with E-state index < -0.39 is 0 Å². The number of rotatable bonds is 3. The summed E-state index contributed by atoms with van der Waals surface area (Å²) in [4.78, 5) is 12.2. The van der Waals surface area contributed by atoms with Crippen LogP contribution < -0.4 is 10.6 Å². The fraction of sp³-hybridized carbons (Fsp3) is 0.867. The lowest BCUT2D eigenvalue weighted by Gasteiger charge is -2.28. The Kier molecular flexibility index (Phi) is 6.23. The zero-order valence-electron chi connectivity index (χ0n) is 12.3. The van der Waals surface area contributed by atoms with Crippen LogP contribution in [0.15, 0.2) is 0 Å². The smallest absolute Gasteiger partial charge is 0.229 e. The number of carbonyl (C=O) groups is 1. The number of ether oxygens (including phenoxy) is 1. The molecule has 114 valence electrons. The first kappa shape index (κ1) is 15.7. The van der Waals surface area contributed by atoms with Gasteiger partial charge < -0.3 is 15.4 Å². The van der Waals surface area contributed by atoms with E-state index in [1.54, 1.807) is 7.11 Å². The van der Waals surface area contributed by atoms with Crippen molar-refractivity contribution in [3.8, 4) is 0 Å². The minimum atomic E-state index is 0.0767. The lowest BCUT2D eigenvalue weighted by atomic mass is 9.87. The van der Waals surface area contributed by atoms with Crippen LogP contribution in [0.3, 0.4) is 0 Å². The highest BCUT2D eigenvalue weighted by Crippen LogP contribution is 2.26. The monoisotopic (exact) mass is 298 g/mol. The van der Waals surface area contributed by atoms with Gasteiger partial charge in [-0.2, -0.15) is 0 Å². The van der Waals surface area contributed by atoms with E-state index in [-0.39, 0.29) is 11.8 Å². The molecule has 1 amide bonds. The molecule has 0 aromatic heterocycles. The van der Waals surface area contributed by atoms with Crippen molar-refractivity contribution in [2.45, 2.75) is 69.9 Å². The van der Waals surface area contributed by atoms with Crippen molar-refractivity contribution in [3.05, 3.63) is 0 Å². The summed E-state index contributed by atoms with van der Waals surface area (Å²) >= 11 is 5.26. The van der Waals surface area contributed by atoms with Crippen molar-refractivity contribution in [1.82, 2.24) is 10.6 Å². The quantitative estimate of drug-likeness (QED) is 0.786. The average Bonchev–Trinajstić information content (AvgIpc) is 2.48. The molecule has 2 N–H and O–H groups in total. The Bertz CT molecular complexity index is 335. The third kappa shape index (κ3) is 4.70. The van der Waals surface area contributed by atoms with Crippen LogP contribution in [0.25, 0.3) is 0 Å². The fourth-order valence-electron chi connectivity index (χ4n) is 3.24. The Morgan fingerprint density at radius 1 is 1.05 bits per heavy atom. The summed E-state index contributed by atoms with van der Waals surface area (Å²) in [5.74, 6) is 0.167. The molecular formula is C15H26N2O2S. The van der Waals surface area contributed by atoms with Crippen molar-refractivity contribution in [2.24, 2.45) is 5.92 Å². The zero-order valence-corrected chi connectivity index (χ0v) is 13.1. The van der Waals surface area contributed by atoms with Gasteiger partial charge in [0.15, 0.2) is 5.11 Å². The molecule has 0 bridgehead atoms. The first-order valence-corrected chi connectivity index (χ1v) is 8.24. The topological polar surface area (TPSA) is 50.4 Å². The Labute approximate surface area is 127 Å². The first-order chi connectivity index (χ1) is 9.69. The Hall–Kier alpha value is -0.680. The Morgan fingerprint density at radius 2 is 1.70 bits per heavy atom. The fourth-order valence-corrected chi connectivity index (χ4v) is 3.51. The Balaban J connectivity index is 1.69. The molecule has 4 nitrogen and oxygen atoms in total. The van der Waals surface area contributed by atoms with Crippen molar-refractivity contribution in [3.63, 3.8) is 0 Å². The standard InChI is InChI=1S/C15H26N2O2S/c1-19-13-9-7-11(8-10-13)14(18)17-15(20)16-12-5-3-2-4-6-12/h11-13H,2-10H2,1H3,(H2,16,17,18,20). The lowest BCUT2D eigenvalue weighted by molar-refractivity contribution is -0.125. The van der Waals surface area contributed by atoms with Crippen LogP contribution in [0.2, 0.25) is 0 Å². The third-order valence-electron chi connectivity index (χ3n) is 4.56. The van der Waals surface area contributed by atoms with Gasteiger partial charge >= 0.3 is 0 Å². The molecule has 0 atom stereocenters. The van der Waals surface area contributed by atoms with Crippen LogP contribution in [0.4, 0.5) is 0 Å². The van der Waals surface area contributed by atoms with E-state index in [1.165, 1.54) is 19.3 Å². The summed E-state index contributed by atoms with van der Waals surface area (Å²) in [6, 6.07) is 0.445. The maximum atomic E-state index is 12.2. The van der Waals surface area contributed by atoms with Crippen LogP contribution in [0.1, 0.15) is 57.8 Å². The van der Waals surface area contributed by atoms with Crippen LogP contribution in [-0.4, -0.2) is 30.3 Å². The van der Waals surface area contributed by atoms with E-state index in [9.17, 15) is 4.79 Å². The minimum Gasteiger partial charge on any atom is -0.381 e. The first-order valence-electron chi connectivity index (χ1n) is 7.83. The highest BCUT2D eigenvalue weighted by Gasteiger charge is 2.26. The van der Waals surface area contributed by atoms with Gasteiger partial charge in [-0.15, -0.1) is 0 Å². The lowest BCUT2D eigenvalue weighted by Crippen LogP contribution is -2.47. The van der Waals surface area contributed by atoms with Crippen LogP contribution in [-0.2, 0) is 9.53 Å². The number of thiocarbonyl (C=S) groups is 1. The Morgan fingerprint density at radius 3 is 2.30 bits per heavy atom. The van der Waals surface area contributed by atoms with Gasteiger partial charge in [0.05, 0.1) is 6.10 Å². The second-order valence-corrected chi connectivity index (χ2v) is 6.42. The molecule has 0 radical (unpaired) electrons. The number of hydrogen-bond acceptors (Lipinski definition) is 3. The molecule has 2 aliphatic rings. The second-order valence-electron chi connectivity index (χ2n) is 6.01. The summed E-state index contributed by atoms with van der Waals surface area (Å²) in [5.41, 5.74) is 0. The van der Waals surface area contributed by atoms with Crippen molar-refractivity contribution in [2.75, 3.05) is 7.11 Å². The minimum absolute atomic E-state index is 0.0767. The molecule has 2 fully saturated rings. The summed E-state index contributed by atoms with van der Waals surface area (Å²) < 4.78 is 5.33. The average molecular weight is 298 g/mol.